The minimum atomic E-state index is -1.19. The fourth-order valence-corrected chi connectivity index (χ4v) is 0.915. The molecule has 0 heterocycles. The summed E-state index contributed by atoms with van der Waals surface area (Å²) in [4.78, 5) is 11.4. The van der Waals surface area contributed by atoms with E-state index < -0.39 is 11.8 Å². The number of ketones is 1. The van der Waals surface area contributed by atoms with Crippen molar-refractivity contribution in [3.8, 4) is 6.07 Å². The van der Waals surface area contributed by atoms with Crippen LogP contribution >= 0.6 is 0 Å². The first-order chi connectivity index (χ1) is 6.29. The topological polar surface area (TPSA) is 73.1 Å². The molecule has 0 aliphatic heterocycles. The molecule has 0 saturated carbocycles. The molecule has 2 N–H and O–H groups in total. The number of carbonyl (C=O) groups excluding carboxylic acids is 1. The number of Topliss-reactive ketones (excluding diaryl/α,β-unsaturated/α-hetero) is 1. The Hall–Kier alpha value is -1.70. The zero-order valence-corrected chi connectivity index (χ0v) is 6.77. The maximum atomic E-state index is 11.4. The fraction of sp³-hybridized carbons (Fsp3) is 0.111. The third kappa shape index (κ3) is 2.12. The Bertz CT molecular complexity index is 329. The molecule has 0 aliphatic rings. The molecule has 1 atom stereocenters. The molecule has 0 bridgehead atoms. The molecular formula is C9H8N2O2. The predicted molar refractivity (Wildman–Crippen MR) is 45.1 cm³/mol. The van der Waals surface area contributed by atoms with Crippen LogP contribution in [-0.4, -0.2) is 17.0 Å². The molecule has 1 aromatic carbocycles. The van der Waals surface area contributed by atoms with Crippen molar-refractivity contribution < 1.29 is 10.0 Å². The first-order valence-corrected chi connectivity index (χ1v) is 3.68. The molecule has 0 fully saturated rings. The van der Waals surface area contributed by atoms with E-state index in [0.717, 1.165) is 0 Å². The maximum absolute atomic E-state index is 11.4. The highest BCUT2D eigenvalue weighted by Gasteiger charge is 2.17. The Morgan fingerprint density at radius 3 is 2.54 bits per heavy atom. The lowest BCUT2D eigenvalue weighted by atomic mass is 10.1. The summed E-state index contributed by atoms with van der Waals surface area (Å²) in [6, 6.07) is 8.78. The highest BCUT2D eigenvalue weighted by molar-refractivity contribution is 6.01. The number of carbonyl (C=O) groups is 1. The molecular weight excluding hydrogens is 168 g/mol. The molecule has 0 aromatic heterocycles. The van der Waals surface area contributed by atoms with Crippen molar-refractivity contribution in [1.82, 2.24) is 5.48 Å². The second-order valence-corrected chi connectivity index (χ2v) is 2.42. The van der Waals surface area contributed by atoms with Gasteiger partial charge in [0.25, 0.3) is 0 Å². The van der Waals surface area contributed by atoms with E-state index in [-0.39, 0.29) is 0 Å². The monoisotopic (exact) mass is 176 g/mol. The van der Waals surface area contributed by atoms with Gasteiger partial charge in [-0.2, -0.15) is 10.7 Å². The van der Waals surface area contributed by atoms with Crippen molar-refractivity contribution in [2.45, 2.75) is 6.04 Å². The number of hydrogen-bond donors (Lipinski definition) is 2. The average Bonchev–Trinajstić information content (AvgIpc) is 2.21. The van der Waals surface area contributed by atoms with Crippen LogP contribution in [0.3, 0.4) is 0 Å². The summed E-state index contributed by atoms with van der Waals surface area (Å²) < 4.78 is 0. The molecule has 4 heteroatoms. The van der Waals surface area contributed by atoms with Crippen molar-refractivity contribution in [3.05, 3.63) is 35.9 Å². The largest absolute Gasteiger partial charge is 0.315 e. The van der Waals surface area contributed by atoms with E-state index in [0.29, 0.717) is 5.56 Å². The summed E-state index contributed by atoms with van der Waals surface area (Å²) in [7, 11) is 0. The van der Waals surface area contributed by atoms with Crippen LogP contribution in [0.5, 0.6) is 0 Å². The van der Waals surface area contributed by atoms with Crippen molar-refractivity contribution in [2.75, 3.05) is 0 Å². The lowest BCUT2D eigenvalue weighted by Gasteiger charge is -2.04. The van der Waals surface area contributed by atoms with Crippen molar-refractivity contribution >= 4 is 5.78 Å². The van der Waals surface area contributed by atoms with Gasteiger partial charge in [-0.05, 0) is 0 Å². The molecule has 1 unspecified atom stereocenters. The van der Waals surface area contributed by atoms with Gasteiger partial charge < -0.3 is 5.21 Å². The van der Waals surface area contributed by atoms with E-state index in [4.69, 9.17) is 10.5 Å². The minimum Gasteiger partial charge on any atom is -0.315 e. The summed E-state index contributed by atoms with van der Waals surface area (Å²) >= 11 is 0. The van der Waals surface area contributed by atoms with E-state index in [1.54, 1.807) is 41.9 Å². The third-order valence-corrected chi connectivity index (χ3v) is 1.58. The number of nitrogens with one attached hydrogen (secondary N) is 1. The van der Waals surface area contributed by atoms with Crippen LogP contribution in [0, 0.1) is 11.3 Å². The van der Waals surface area contributed by atoms with Gasteiger partial charge in [0, 0.05) is 5.56 Å². The Morgan fingerprint density at radius 1 is 1.46 bits per heavy atom. The SMILES string of the molecule is N#CC(NO)C(=O)c1ccccc1. The van der Waals surface area contributed by atoms with Crippen molar-refractivity contribution in [2.24, 2.45) is 0 Å². The summed E-state index contributed by atoms with van der Waals surface area (Å²) in [5, 5.41) is 16.9. The highest BCUT2D eigenvalue weighted by Crippen LogP contribution is 2.02. The number of nitrogens with zero attached hydrogens (tertiary/aromatic N) is 1. The Kier molecular flexibility index (Phi) is 3.15. The maximum Gasteiger partial charge on any atom is 0.196 e. The van der Waals surface area contributed by atoms with Gasteiger partial charge in [0.15, 0.2) is 11.8 Å². The Balaban J connectivity index is 2.86. The van der Waals surface area contributed by atoms with Crippen LogP contribution < -0.4 is 5.48 Å². The summed E-state index contributed by atoms with van der Waals surface area (Å²) in [6.07, 6.45) is 0. The van der Waals surface area contributed by atoms with Crippen molar-refractivity contribution in [3.63, 3.8) is 0 Å². The van der Waals surface area contributed by atoms with Crippen LogP contribution in [-0.2, 0) is 0 Å². The second-order valence-electron chi connectivity index (χ2n) is 2.42. The van der Waals surface area contributed by atoms with Gasteiger partial charge in [0.1, 0.15) is 0 Å². The molecule has 1 rings (SSSR count). The number of benzene rings is 1. The highest BCUT2D eigenvalue weighted by atomic mass is 16.5. The van der Waals surface area contributed by atoms with Gasteiger partial charge >= 0.3 is 0 Å². The number of hydroxylamine groups is 1. The average molecular weight is 176 g/mol. The van der Waals surface area contributed by atoms with Crippen LogP contribution in [0.25, 0.3) is 0 Å². The van der Waals surface area contributed by atoms with Gasteiger partial charge in [-0.3, -0.25) is 4.79 Å². The standard InChI is InChI=1S/C9H8N2O2/c10-6-8(11-13)9(12)7-4-2-1-3-5-7/h1-5,8,11,13H. The zero-order chi connectivity index (χ0) is 9.68. The molecule has 0 amide bonds. The van der Waals surface area contributed by atoms with Crippen LogP contribution in [0.2, 0.25) is 0 Å². The molecule has 0 saturated heterocycles. The number of hydrogen-bond acceptors (Lipinski definition) is 4. The van der Waals surface area contributed by atoms with E-state index in [9.17, 15) is 4.79 Å². The Labute approximate surface area is 75.4 Å². The molecule has 0 radical (unpaired) electrons. The van der Waals surface area contributed by atoms with Crippen LogP contribution in [0.1, 0.15) is 10.4 Å². The molecule has 1 aromatic rings. The fourth-order valence-electron chi connectivity index (χ4n) is 0.915. The van der Waals surface area contributed by atoms with E-state index in [2.05, 4.69) is 0 Å². The predicted octanol–water partition coefficient (Wildman–Crippen LogP) is 0.740. The van der Waals surface area contributed by atoms with E-state index in [1.165, 1.54) is 0 Å². The molecule has 66 valence electrons. The first kappa shape index (κ1) is 9.39. The molecule has 0 spiro atoms. The summed E-state index contributed by atoms with van der Waals surface area (Å²) in [5.74, 6) is -0.439. The molecule has 13 heavy (non-hydrogen) atoms. The van der Waals surface area contributed by atoms with Crippen molar-refractivity contribution in [1.29, 1.82) is 5.26 Å². The lowest BCUT2D eigenvalue weighted by Crippen LogP contribution is -2.32. The first-order valence-electron chi connectivity index (χ1n) is 3.68. The second kappa shape index (κ2) is 4.36. The van der Waals surface area contributed by atoms with Gasteiger partial charge in [-0.15, -0.1) is 0 Å². The van der Waals surface area contributed by atoms with Crippen LogP contribution in [0.15, 0.2) is 30.3 Å². The quantitative estimate of drug-likeness (QED) is 0.526. The molecule has 0 aliphatic carbocycles. The normalized spacial score (nSPS) is 11.7. The van der Waals surface area contributed by atoms with Gasteiger partial charge in [0.2, 0.25) is 0 Å². The lowest BCUT2D eigenvalue weighted by molar-refractivity contribution is 0.0835. The zero-order valence-electron chi connectivity index (χ0n) is 6.77. The minimum absolute atomic E-state index is 0.399. The van der Waals surface area contributed by atoms with E-state index >= 15 is 0 Å². The smallest absolute Gasteiger partial charge is 0.196 e. The Morgan fingerprint density at radius 2 is 2.08 bits per heavy atom. The number of nitriles is 1. The molecule has 4 nitrogen and oxygen atoms in total. The third-order valence-electron chi connectivity index (χ3n) is 1.58. The number of rotatable bonds is 3. The van der Waals surface area contributed by atoms with Crippen LogP contribution in [0.4, 0.5) is 0 Å². The van der Waals surface area contributed by atoms with Gasteiger partial charge in [-0.25, -0.2) is 0 Å². The van der Waals surface area contributed by atoms with E-state index in [1.807, 2.05) is 0 Å². The summed E-state index contributed by atoms with van der Waals surface area (Å²) in [5.41, 5.74) is 2.04. The van der Waals surface area contributed by atoms with Gasteiger partial charge in [0.05, 0.1) is 6.07 Å². The summed E-state index contributed by atoms with van der Waals surface area (Å²) in [6.45, 7) is 0. The van der Waals surface area contributed by atoms with Gasteiger partial charge in [-0.1, -0.05) is 30.3 Å².